The lowest BCUT2D eigenvalue weighted by Gasteiger charge is -2.01. The SMILES string of the molecule is Cc1cc(F)c(/C=C/CN)cc1Cl. The summed E-state index contributed by atoms with van der Waals surface area (Å²) < 4.78 is 13.2. The zero-order chi connectivity index (χ0) is 9.84. The van der Waals surface area contributed by atoms with Crippen molar-refractivity contribution in [3.8, 4) is 0 Å². The summed E-state index contributed by atoms with van der Waals surface area (Å²) in [5.41, 5.74) is 6.47. The van der Waals surface area contributed by atoms with Crippen LogP contribution in [-0.2, 0) is 0 Å². The summed E-state index contributed by atoms with van der Waals surface area (Å²) in [6.07, 6.45) is 3.31. The second-order valence-corrected chi connectivity index (χ2v) is 3.17. The van der Waals surface area contributed by atoms with Crippen molar-refractivity contribution in [2.45, 2.75) is 6.92 Å². The molecule has 0 saturated carbocycles. The van der Waals surface area contributed by atoms with Crippen LogP contribution in [0.5, 0.6) is 0 Å². The van der Waals surface area contributed by atoms with Crippen molar-refractivity contribution < 1.29 is 4.39 Å². The van der Waals surface area contributed by atoms with E-state index in [-0.39, 0.29) is 5.82 Å². The Hall–Kier alpha value is -0.860. The summed E-state index contributed by atoms with van der Waals surface area (Å²) in [5.74, 6) is -0.272. The smallest absolute Gasteiger partial charge is 0.130 e. The topological polar surface area (TPSA) is 26.0 Å². The molecule has 0 radical (unpaired) electrons. The van der Waals surface area contributed by atoms with Crippen LogP contribution in [0.4, 0.5) is 4.39 Å². The van der Waals surface area contributed by atoms with Crippen LogP contribution in [0.2, 0.25) is 5.02 Å². The molecule has 13 heavy (non-hydrogen) atoms. The van der Waals surface area contributed by atoms with Gasteiger partial charge < -0.3 is 5.73 Å². The monoisotopic (exact) mass is 199 g/mol. The van der Waals surface area contributed by atoms with Crippen LogP contribution in [0.3, 0.4) is 0 Å². The Bertz CT molecular complexity index is 334. The molecule has 0 amide bonds. The molecule has 0 bridgehead atoms. The Labute approximate surface area is 82.0 Å². The molecule has 0 heterocycles. The van der Waals surface area contributed by atoms with Crippen LogP contribution in [0.25, 0.3) is 6.08 Å². The van der Waals surface area contributed by atoms with E-state index in [0.29, 0.717) is 17.1 Å². The number of benzene rings is 1. The standard InChI is InChI=1S/C10H11ClFN/c1-7-5-10(12)8(3-2-4-13)6-9(7)11/h2-3,5-6H,4,13H2,1H3/b3-2+. The molecular formula is C10H11ClFN. The fourth-order valence-corrected chi connectivity index (χ4v) is 1.16. The first-order chi connectivity index (χ1) is 6.15. The molecule has 0 atom stereocenters. The molecule has 0 fully saturated rings. The minimum absolute atomic E-state index is 0.272. The van der Waals surface area contributed by atoms with Gasteiger partial charge in [0, 0.05) is 17.1 Å². The van der Waals surface area contributed by atoms with Crippen molar-refractivity contribution in [2.75, 3.05) is 6.54 Å². The number of nitrogens with two attached hydrogens (primary N) is 1. The van der Waals surface area contributed by atoms with Gasteiger partial charge in [0.25, 0.3) is 0 Å². The maximum atomic E-state index is 13.2. The largest absolute Gasteiger partial charge is 0.327 e. The number of aryl methyl sites for hydroxylation is 1. The minimum atomic E-state index is -0.272. The van der Waals surface area contributed by atoms with Crippen molar-refractivity contribution in [1.29, 1.82) is 0 Å². The summed E-state index contributed by atoms with van der Waals surface area (Å²) in [4.78, 5) is 0. The molecule has 1 aromatic carbocycles. The molecule has 0 unspecified atom stereocenters. The maximum Gasteiger partial charge on any atom is 0.130 e. The molecule has 1 rings (SSSR count). The van der Waals surface area contributed by atoms with Crippen molar-refractivity contribution in [3.63, 3.8) is 0 Å². The lowest BCUT2D eigenvalue weighted by molar-refractivity contribution is 0.624. The molecule has 0 aliphatic heterocycles. The molecule has 1 aromatic rings. The number of hydrogen-bond acceptors (Lipinski definition) is 1. The first-order valence-corrected chi connectivity index (χ1v) is 4.35. The van der Waals surface area contributed by atoms with Crippen LogP contribution in [0, 0.1) is 12.7 Å². The molecule has 70 valence electrons. The summed E-state index contributed by atoms with van der Waals surface area (Å²) in [6.45, 7) is 2.16. The van der Waals surface area contributed by atoms with Gasteiger partial charge in [0.15, 0.2) is 0 Å². The molecule has 0 aromatic heterocycles. The van der Waals surface area contributed by atoms with Crippen LogP contribution in [-0.4, -0.2) is 6.54 Å². The summed E-state index contributed by atoms with van der Waals surface area (Å²) in [5, 5.41) is 0.568. The first kappa shape index (κ1) is 10.2. The third-order valence-corrected chi connectivity index (χ3v) is 2.12. The Morgan fingerprint density at radius 2 is 2.23 bits per heavy atom. The average Bonchev–Trinajstić information content (AvgIpc) is 2.09. The summed E-state index contributed by atoms with van der Waals surface area (Å²) in [6, 6.07) is 3.01. The van der Waals surface area contributed by atoms with E-state index in [4.69, 9.17) is 17.3 Å². The highest BCUT2D eigenvalue weighted by Gasteiger charge is 2.02. The lowest BCUT2D eigenvalue weighted by atomic mass is 10.1. The zero-order valence-electron chi connectivity index (χ0n) is 7.35. The van der Waals surface area contributed by atoms with E-state index < -0.39 is 0 Å². The van der Waals surface area contributed by atoms with Gasteiger partial charge in [0.2, 0.25) is 0 Å². The lowest BCUT2D eigenvalue weighted by Crippen LogP contribution is -1.93. The zero-order valence-corrected chi connectivity index (χ0v) is 8.11. The molecule has 0 spiro atoms. The Balaban J connectivity index is 3.08. The van der Waals surface area contributed by atoms with Crippen molar-refractivity contribution in [3.05, 3.63) is 40.2 Å². The predicted molar refractivity (Wildman–Crippen MR) is 54.2 cm³/mol. The third-order valence-electron chi connectivity index (χ3n) is 1.71. The van der Waals surface area contributed by atoms with Gasteiger partial charge in [-0.25, -0.2) is 4.39 Å². The molecule has 0 saturated heterocycles. The highest BCUT2D eigenvalue weighted by molar-refractivity contribution is 6.31. The molecule has 1 nitrogen and oxygen atoms in total. The number of halogens is 2. The maximum absolute atomic E-state index is 13.2. The average molecular weight is 200 g/mol. The molecule has 2 N–H and O–H groups in total. The van der Waals surface area contributed by atoms with E-state index >= 15 is 0 Å². The van der Waals surface area contributed by atoms with Gasteiger partial charge in [-0.05, 0) is 24.6 Å². The van der Waals surface area contributed by atoms with Gasteiger partial charge in [-0.2, -0.15) is 0 Å². The van der Waals surface area contributed by atoms with E-state index in [9.17, 15) is 4.39 Å². The van der Waals surface area contributed by atoms with E-state index in [1.54, 1.807) is 25.1 Å². The summed E-state index contributed by atoms with van der Waals surface area (Å²) in [7, 11) is 0. The van der Waals surface area contributed by atoms with E-state index in [1.807, 2.05) is 0 Å². The van der Waals surface area contributed by atoms with E-state index in [2.05, 4.69) is 0 Å². The first-order valence-electron chi connectivity index (χ1n) is 3.97. The van der Waals surface area contributed by atoms with E-state index in [0.717, 1.165) is 5.56 Å². The second-order valence-electron chi connectivity index (χ2n) is 2.76. The molecular weight excluding hydrogens is 189 g/mol. The minimum Gasteiger partial charge on any atom is -0.327 e. The van der Waals surface area contributed by atoms with Crippen molar-refractivity contribution in [2.24, 2.45) is 5.73 Å². The Kier molecular flexibility index (Phi) is 3.46. The van der Waals surface area contributed by atoms with Crippen molar-refractivity contribution >= 4 is 17.7 Å². The molecule has 3 heteroatoms. The van der Waals surface area contributed by atoms with Gasteiger partial charge in [0.05, 0.1) is 0 Å². The normalized spacial score (nSPS) is 11.1. The number of hydrogen-bond donors (Lipinski definition) is 1. The highest BCUT2D eigenvalue weighted by atomic mass is 35.5. The molecule has 0 aliphatic rings. The second kappa shape index (κ2) is 4.40. The van der Waals surface area contributed by atoms with Crippen LogP contribution in [0.1, 0.15) is 11.1 Å². The van der Waals surface area contributed by atoms with Crippen molar-refractivity contribution in [1.82, 2.24) is 0 Å². The van der Waals surface area contributed by atoms with Gasteiger partial charge in [-0.1, -0.05) is 23.8 Å². The van der Waals surface area contributed by atoms with E-state index in [1.165, 1.54) is 6.07 Å². The Morgan fingerprint density at radius 3 is 2.85 bits per heavy atom. The fraction of sp³-hybridized carbons (Fsp3) is 0.200. The van der Waals surface area contributed by atoms with Gasteiger partial charge in [-0.15, -0.1) is 0 Å². The van der Waals surface area contributed by atoms with Gasteiger partial charge in [-0.3, -0.25) is 0 Å². The van der Waals surface area contributed by atoms with Gasteiger partial charge >= 0.3 is 0 Å². The highest BCUT2D eigenvalue weighted by Crippen LogP contribution is 2.20. The predicted octanol–water partition coefficient (Wildman–Crippen LogP) is 2.76. The van der Waals surface area contributed by atoms with Crippen LogP contribution >= 0.6 is 11.6 Å². The fourth-order valence-electron chi connectivity index (χ4n) is 0.984. The summed E-state index contributed by atoms with van der Waals surface area (Å²) >= 11 is 5.83. The number of rotatable bonds is 2. The Morgan fingerprint density at radius 1 is 1.54 bits per heavy atom. The van der Waals surface area contributed by atoms with Crippen LogP contribution in [0.15, 0.2) is 18.2 Å². The third kappa shape index (κ3) is 2.54. The quantitative estimate of drug-likeness (QED) is 0.779. The molecule has 0 aliphatic carbocycles. The van der Waals surface area contributed by atoms with Crippen LogP contribution < -0.4 is 5.73 Å². The van der Waals surface area contributed by atoms with Gasteiger partial charge in [0.1, 0.15) is 5.82 Å².